The van der Waals surface area contributed by atoms with Crippen LogP contribution in [0.5, 0.6) is 5.75 Å². The summed E-state index contributed by atoms with van der Waals surface area (Å²) in [6.45, 7) is 0.237. The first-order chi connectivity index (χ1) is 8.11. The fourth-order valence-corrected chi connectivity index (χ4v) is 1.65. The van der Waals surface area contributed by atoms with E-state index in [2.05, 4.69) is 9.97 Å². The first-order valence-corrected chi connectivity index (χ1v) is 5.07. The zero-order valence-corrected chi connectivity index (χ0v) is 9.29. The van der Waals surface area contributed by atoms with Gasteiger partial charge in [-0.25, -0.2) is 9.97 Å². The summed E-state index contributed by atoms with van der Waals surface area (Å²) in [5.74, 6) is -0.368. The largest absolute Gasteiger partial charge is 0.494 e. The van der Waals surface area contributed by atoms with Gasteiger partial charge in [-0.1, -0.05) is 0 Å². The van der Waals surface area contributed by atoms with Gasteiger partial charge in [0.15, 0.2) is 5.75 Å². The summed E-state index contributed by atoms with van der Waals surface area (Å²) in [6, 6.07) is 0. The molecule has 1 fully saturated rings. The highest BCUT2D eigenvalue weighted by molar-refractivity contribution is 5.98. The molecule has 2 amide bonds. The summed E-state index contributed by atoms with van der Waals surface area (Å²) in [4.78, 5) is 32.0. The van der Waals surface area contributed by atoms with Gasteiger partial charge in [0.05, 0.1) is 25.4 Å². The maximum absolute atomic E-state index is 11.7. The minimum atomic E-state index is -0.477. The maximum atomic E-state index is 11.7. The van der Waals surface area contributed by atoms with E-state index in [0.717, 1.165) is 0 Å². The minimum Gasteiger partial charge on any atom is -0.494 e. The normalized spacial score (nSPS) is 19.5. The highest BCUT2D eigenvalue weighted by Crippen LogP contribution is 2.22. The van der Waals surface area contributed by atoms with Gasteiger partial charge in [-0.3, -0.25) is 14.5 Å². The van der Waals surface area contributed by atoms with Gasteiger partial charge in [-0.2, -0.15) is 0 Å². The molecular weight excluding hydrogens is 224 g/mol. The van der Waals surface area contributed by atoms with Crippen LogP contribution in [0.15, 0.2) is 12.4 Å². The molecule has 0 aromatic carbocycles. The van der Waals surface area contributed by atoms with E-state index in [4.69, 9.17) is 10.5 Å². The van der Waals surface area contributed by atoms with Crippen LogP contribution in [-0.2, 0) is 9.59 Å². The number of anilines is 1. The molecular formula is C10H12N4O3. The predicted octanol–water partition coefficient (Wildman–Crippen LogP) is -0.677. The number of nitrogens with zero attached hydrogens (tertiary/aromatic N) is 3. The maximum Gasteiger partial charge on any atom is 0.232 e. The van der Waals surface area contributed by atoms with Crippen molar-refractivity contribution in [2.75, 3.05) is 18.6 Å². The van der Waals surface area contributed by atoms with Crippen molar-refractivity contribution < 1.29 is 14.3 Å². The van der Waals surface area contributed by atoms with E-state index in [9.17, 15) is 9.59 Å². The lowest BCUT2D eigenvalue weighted by Gasteiger charge is -2.13. The van der Waals surface area contributed by atoms with Crippen LogP contribution >= 0.6 is 0 Å². The highest BCUT2D eigenvalue weighted by Gasteiger charge is 2.35. The molecule has 1 unspecified atom stereocenters. The third-order valence-electron chi connectivity index (χ3n) is 2.62. The Labute approximate surface area is 97.6 Å². The number of nitrogens with two attached hydrogens (primary N) is 1. The van der Waals surface area contributed by atoms with E-state index < -0.39 is 11.8 Å². The molecule has 1 aromatic rings. The fourth-order valence-electron chi connectivity index (χ4n) is 1.65. The average molecular weight is 236 g/mol. The first kappa shape index (κ1) is 11.3. The van der Waals surface area contributed by atoms with E-state index in [1.54, 1.807) is 0 Å². The van der Waals surface area contributed by atoms with Crippen LogP contribution < -0.4 is 15.4 Å². The molecule has 1 aliphatic rings. The Morgan fingerprint density at radius 1 is 1.53 bits per heavy atom. The number of amides is 2. The van der Waals surface area contributed by atoms with E-state index >= 15 is 0 Å². The Morgan fingerprint density at radius 3 is 2.65 bits per heavy atom. The molecule has 90 valence electrons. The summed E-state index contributed by atoms with van der Waals surface area (Å²) in [5, 5.41) is 0. The van der Waals surface area contributed by atoms with Crippen LogP contribution in [0.2, 0.25) is 0 Å². The smallest absolute Gasteiger partial charge is 0.232 e. The van der Waals surface area contributed by atoms with Crippen LogP contribution in [0.1, 0.15) is 6.42 Å². The number of aromatic nitrogens is 2. The first-order valence-electron chi connectivity index (χ1n) is 5.07. The molecule has 0 saturated carbocycles. The van der Waals surface area contributed by atoms with Crippen molar-refractivity contribution in [2.45, 2.75) is 6.42 Å². The van der Waals surface area contributed by atoms with Crippen molar-refractivity contribution in [1.29, 1.82) is 0 Å². The van der Waals surface area contributed by atoms with E-state index in [1.807, 2.05) is 0 Å². The average Bonchev–Trinajstić information content (AvgIpc) is 2.72. The molecule has 1 aliphatic heterocycles. The third-order valence-corrected chi connectivity index (χ3v) is 2.62. The molecule has 0 spiro atoms. The molecule has 7 heteroatoms. The summed E-state index contributed by atoms with van der Waals surface area (Å²) in [6.07, 6.45) is 3.05. The second kappa shape index (κ2) is 4.36. The van der Waals surface area contributed by atoms with Crippen LogP contribution in [0.3, 0.4) is 0 Å². The van der Waals surface area contributed by atoms with E-state index in [-0.39, 0.29) is 24.8 Å². The summed E-state index contributed by atoms with van der Waals surface area (Å²) >= 11 is 0. The van der Waals surface area contributed by atoms with Crippen LogP contribution in [0.25, 0.3) is 0 Å². The molecule has 2 N–H and O–H groups in total. The van der Waals surface area contributed by atoms with Crippen molar-refractivity contribution in [2.24, 2.45) is 11.7 Å². The Balaban J connectivity index is 2.17. The standard InChI is InChI=1S/C10H12N4O3/c1-17-7-3-12-10(13-4-7)14-5-6(9(11)16)2-8(14)15/h3-4,6H,2,5H2,1H3,(H2,11,16). The summed E-state index contributed by atoms with van der Waals surface area (Å²) in [7, 11) is 1.50. The SMILES string of the molecule is COc1cnc(N2CC(C(N)=O)CC2=O)nc1. The molecule has 17 heavy (non-hydrogen) atoms. The highest BCUT2D eigenvalue weighted by atomic mass is 16.5. The van der Waals surface area contributed by atoms with Crippen molar-refractivity contribution in [3.8, 4) is 5.75 Å². The van der Waals surface area contributed by atoms with Crippen LogP contribution in [-0.4, -0.2) is 35.4 Å². The van der Waals surface area contributed by atoms with Gasteiger partial charge in [0, 0.05) is 13.0 Å². The van der Waals surface area contributed by atoms with Crippen LogP contribution in [0, 0.1) is 5.92 Å². The molecule has 7 nitrogen and oxygen atoms in total. The van der Waals surface area contributed by atoms with Gasteiger partial charge < -0.3 is 10.5 Å². The molecule has 1 aromatic heterocycles. The van der Waals surface area contributed by atoms with Crippen molar-refractivity contribution in [3.63, 3.8) is 0 Å². The number of carbonyl (C=O) groups excluding carboxylic acids is 2. The number of hydrogen-bond donors (Lipinski definition) is 1. The van der Waals surface area contributed by atoms with Crippen molar-refractivity contribution >= 4 is 17.8 Å². The zero-order chi connectivity index (χ0) is 12.4. The number of rotatable bonds is 3. The zero-order valence-electron chi connectivity index (χ0n) is 9.29. The second-order valence-corrected chi connectivity index (χ2v) is 3.73. The van der Waals surface area contributed by atoms with Gasteiger partial charge in [0.1, 0.15) is 0 Å². The summed E-state index contributed by atoms with van der Waals surface area (Å²) < 4.78 is 4.92. The quantitative estimate of drug-likeness (QED) is 0.750. The fraction of sp³-hybridized carbons (Fsp3) is 0.400. The number of ether oxygens (including phenoxy) is 1. The molecule has 2 rings (SSSR count). The van der Waals surface area contributed by atoms with Gasteiger partial charge in [0.2, 0.25) is 17.8 Å². The Bertz CT molecular complexity index is 445. The Kier molecular flexibility index (Phi) is 2.90. The molecule has 1 atom stereocenters. The molecule has 0 bridgehead atoms. The molecule has 2 heterocycles. The van der Waals surface area contributed by atoms with Crippen molar-refractivity contribution in [3.05, 3.63) is 12.4 Å². The lowest BCUT2D eigenvalue weighted by Crippen LogP contribution is -2.29. The topological polar surface area (TPSA) is 98.4 Å². The second-order valence-electron chi connectivity index (χ2n) is 3.73. The van der Waals surface area contributed by atoms with Gasteiger partial charge in [-0.15, -0.1) is 0 Å². The minimum absolute atomic E-state index is 0.116. The number of carbonyl (C=O) groups is 2. The monoisotopic (exact) mass is 236 g/mol. The third kappa shape index (κ3) is 2.17. The lowest BCUT2D eigenvalue weighted by atomic mass is 10.1. The Morgan fingerprint density at radius 2 is 2.18 bits per heavy atom. The van der Waals surface area contributed by atoms with E-state index in [1.165, 1.54) is 24.4 Å². The summed E-state index contributed by atoms with van der Waals surface area (Å²) in [5.41, 5.74) is 5.17. The predicted molar refractivity (Wildman–Crippen MR) is 58.2 cm³/mol. The number of hydrogen-bond acceptors (Lipinski definition) is 5. The van der Waals surface area contributed by atoms with E-state index in [0.29, 0.717) is 5.75 Å². The number of methoxy groups -OCH3 is 1. The lowest BCUT2D eigenvalue weighted by molar-refractivity contribution is -0.123. The van der Waals surface area contributed by atoms with Gasteiger partial charge >= 0.3 is 0 Å². The van der Waals surface area contributed by atoms with Crippen LogP contribution in [0.4, 0.5) is 5.95 Å². The molecule has 1 saturated heterocycles. The van der Waals surface area contributed by atoms with Crippen molar-refractivity contribution in [1.82, 2.24) is 9.97 Å². The molecule has 0 radical (unpaired) electrons. The molecule has 0 aliphatic carbocycles. The van der Waals surface area contributed by atoms with Gasteiger partial charge in [0.25, 0.3) is 0 Å². The Hall–Kier alpha value is -2.18. The van der Waals surface area contributed by atoms with Gasteiger partial charge in [-0.05, 0) is 0 Å². The number of primary amides is 1.